The van der Waals surface area contributed by atoms with Crippen molar-refractivity contribution in [2.24, 2.45) is 0 Å². The summed E-state index contributed by atoms with van der Waals surface area (Å²) in [4.78, 5) is 11.0. The number of carbonyl (C=O) groups is 1. The number of rotatable bonds is 0. The molecule has 0 fully saturated rings. The molecule has 13 heavy (non-hydrogen) atoms. The van der Waals surface area contributed by atoms with Crippen molar-refractivity contribution in [2.75, 3.05) is 0 Å². The molecule has 0 bridgehead atoms. The molecule has 1 heterocycles. The zero-order chi connectivity index (χ0) is 8.55. The van der Waals surface area contributed by atoms with E-state index in [1.54, 1.807) is 6.07 Å². The standard InChI is InChI=1S/C10H8O2.ClH/c1-7-6-8-4-2-3-5-9(8)12-10(7)11;/h2-5H,1,6H2;1H. The Hall–Kier alpha value is -1.28. The topological polar surface area (TPSA) is 26.3 Å². The van der Waals surface area contributed by atoms with Gasteiger partial charge in [0.05, 0.1) is 0 Å². The maximum absolute atomic E-state index is 11.0. The van der Waals surface area contributed by atoms with Crippen LogP contribution in [0.5, 0.6) is 5.75 Å². The van der Waals surface area contributed by atoms with Crippen molar-refractivity contribution in [2.45, 2.75) is 6.42 Å². The lowest BCUT2D eigenvalue weighted by Crippen LogP contribution is -2.18. The van der Waals surface area contributed by atoms with Crippen LogP contribution >= 0.6 is 12.4 Å². The van der Waals surface area contributed by atoms with E-state index in [-0.39, 0.29) is 18.4 Å². The van der Waals surface area contributed by atoms with Gasteiger partial charge in [0.25, 0.3) is 0 Å². The summed E-state index contributed by atoms with van der Waals surface area (Å²) in [5.41, 5.74) is 1.55. The Labute approximate surface area is 82.6 Å². The Morgan fingerprint density at radius 2 is 2.00 bits per heavy atom. The van der Waals surface area contributed by atoms with Crippen LogP contribution in [0.4, 0.5) is 0 Å². The van der Waals surface area contributed by atoms with E-state index in [9.17, 15) is 4.79 Å². The summed E-state index contributed by atoms with van der Waals surface area (Å²) in [6.45, 7) is 3.62. The molecule has 0 aromatic heterocycles. The first-order valence-electron chi connectivity index (χ1n) is 3.75. The van der Waals surface area contributed by atoms with Crippen molar-refractivity contribution < 1.29 is 9.53 Å². The SMILES string of the molecule is C=C1Cc2ccccc2OC1=O.Cl. The summed E-state index contributed by atoms with van der Waals surface area (Å²) in [7, 11) is 0. The average molecular weight is 197 g/mol. The number of fused-ring (bicyclic) bond motifs is 1. The molecule has 2 nitrogen and oxygen atoms in total. The van der Waals surface area contributed by atoms with Gasteiger partial charge in [0, 0.05) is 12.0 Å². The normalized spacial score (nSPS) is 14.2. The molecule has 68 valence electrons. The molecule has 0 spiro atoms. The van der Waals surface area contributed by atoms with Crippen LogP contribution in [0.15, 0.2) is 36.4 Å². The second-order valence-corrected chi connectivity index (χ2v) is 2.78. The van der Waals surface area contributed by atoms with E-state index in [0.717, 1.165) is 5.56 Å². The fourth-order valence-corrected chi connectivity index (χ4v) is 1.22. The third kappa shape index (κ3) is 1.73. The number of hydrogen-bond acceptors (Lipinski definition) is 2. The minimum atomic E-state index is -0.311. The van der Waals surface area contributed by atoms with Gasteiger partial charge in [-0.05, 0) is 11.6 Å². The molecule has 1 aliphatic heterocycles. The van der Waals surface area contributed by atoms with Gasteiger partial charge in [-0.2, -0.15) is 0 Å². The number of ether oxygens (including phenoxy) is 1. The summed E-state index contributed by atoms with van der Waals surface area (Å²) in [5.74, 6) is 0.351. The predicted octanol–water partition coefficient (Wildman–Crippen LogP) is 2.13. The van der Waals surface area contributed by atoms with E-state index < -0.39 is 0 Å². The monoisotopic (exact) mass is 196 g/mol. The number of halogens is 1. The van der Waals surface area contributed by atoms with Crippen molar-refractivity contribution >= 4 is 18.4 Å². The predicted molar refractivity (Wildman–Crippen MR) is 52.2 cm³/mol. The Bertz CT molecular complexity index is 323. The van der Waals surface area contributed by atoms with Gasteiger partial charge < -0.3 is 4.74 Å². The Balaban J connectivity index is 0.000000845. The quantitative estimate of drug-likeness (QED) is 0.361. The van der Waals surface area contributed by atoms with E-state index in [1.165, 1.54) is 0 Å². The van der Waals surface area contributed by atoms with Crippen LogP contribution in [0.3, 0.4) is 0 Å². The second-order valence-electron chi connectivity index (χ2n) is 2.78. The summed E-state index contributed by atoms with van der Waals surface area (Å²) < 4.78 is 5.01. The lowest BCUT2D eigenvalue weighted by atomic mass is 10.0. The van der Waals surface area contributed by atoms with Crippen LogP contribution in [0, 0.1) is 0 Å². The first-order valence-corrected chi connectivity index (χ1v) is 3.75. The molecule has 0 amide bonds. The number of hydrogen-bond donors (Lipinski definition) is 0. The summed E-state index contributed by atoms with van der Waals surface area (Å²) >= 11 is 0. The molecule has 0 aliphatic carbocycles. The highest BCUT2D eigenvalue weighted by atomic mass is 35.5. The van der Waals surface area contributed by atoms with Crippen molar-refractivity contribution in [1.82, 2.24) is 0 Å². The van der Waals surface area contributed by atoms with E-state index >= 15 is 0 Å². The van der Waals surface area contributed by atoms with Gasteiger partial charge >= 0.3 is 5.97 Å². The number of benzene rings is 1. The number of para-hydroxylation sites is 1. The van der Waals surface area contributed by atoms with Crippen molar-refractivity contribution in [3.63, 3.8) is 0 Å². The van der Waals surface area contributed by atoms with Crippen molar-refractivity contribution in [3.8, 4) is 5.75 Å². The third-order valence-electron chi connectivity index (χ3n) is 1.87. The van der Waals surface area contributed by atoms with Crippen LogP contribution in [-0.2, 0) is 11.2 Å². The minimum absolute atomic E-state index is 0. The molecule has 0 atom stereocenters. The lowest BCUT2D eigenvalue weighted by molar-refractivity contribution is -0.130. The van der Waals surface area contributed by atoms with Crippen LogP contribution < -0.4 is 4.74 Å². The fourth-order valence-electron chi connectivity index (χ4n) is 1.22. The molecule has 0 radical (unpaired) electrons. The average Bonchev–Trinajstić information content (AvgIpc) is 2.07. The largest absolute Gasteiger partial charge is 0.423 e. The molecule has 1 aromatic carbocycles. The molecule has 3 heteroatoms. The van der Waals surface area contributed by atoms with Gasteiger partial charge in [-0.3, -0.25) is 0 Å². The van der Waals surface area contributed by atoms with Crippen LogP contribution in [0.1, 0.15) is 5.56 Å². The van der Waals surface area contributed by atoms with Crippen LogP contribution in [-0.4, -0.2) is 5.97 Å². The van der Waals surface area contributed by atoms with Gasteiger partial charge in [0.1, 0.15) is 5.75 Å². The van der Waals surface area contributed by atoms with Gasteiger partial charge in [0.2, 0.25) is 0 Å². The van der Waals surface area contributed by atoms with Gasteiger partial charge in [-0.1, -0.05) is 24.8 Å². The molecule has 1 aromatic rings. The highest BCUT2D eigenvalue weighted by Crippen LogP contribution is 2.26. The van der Waals surface area contributed by atoms with Gasteiger partial charge in [0.15, 0.2) is 0 Å². The summed E-state index contributed by atoms with van der Waals surface area (Å²) in [6.07, 6.45) is 0.606. The number of esters is 1. The van der Waals surface area contributed by atoms with Crippen molar-refractivity contribution in [3.05, 3.63) is 42.0 Å². The molecule has 0 saturated carbocycles. The molecular weight excluding hydrogens is 188 g/mol. The molecule has 0 N–H and O–H groups in total. The smallest absolute Gasteiger partial charge is 0.339 e. The van der Waals surface area contributed by atoms with E-state index in [4.69, 9.17) is 4.74 Å². The first kappa shape index (κ1) is 9.81. The Morgan fingerprint density at radius 3 is 2.77 bits per heavy atom. The highest BCUT2D eigenvalue weighted by Gasteiger charge is 2.19. The zero-order valence-corrected chi connectivity index (χ0v) is 7.76. The van der Waals surface area contributed by atoms with Gasteiger partial charge in [-0.15, -0.1) is 12.4 Å². The molecular formula is C10H9ClO2. The second kappa shape index (κ2) is 3.62. The molecule has 1 aliphatic rings. The third-order valence-corrected chi connectivity index (χ3v) is 1.87. The highest BCUT2D eigenvalue weighted by molar-refractivity contribution is 5.92. The van der Waals surface area contributed by atoms with E-state index in [0.29, 0.717) is 17.7 Å². The maximum Gasteiger partial charge on any atom is 0.339 e. The molecule has 0 saturated heterocycles. The van der Waals surface area contributed by atoms with E-state index in [2.05, 4.69) is 6.58 Å². The van der Waals surface area contributed by atoms with Gasteiger partial charge in [-0.25, -0.2) is 4.79 Å². The molecule has 2 rings (SSSR count). The summed E-state index contributed by atoms with van der Waals surface area (Å²) in [5, 5.41) is 0. The Kier molecular flexibility index (Phi) is 2.73. The molecule has 0 unspecified atom stereocenters. The Morgan fingerprint density at radius 1 is 1.31 bits per heavy atom. The van der Waals surface area contributed by atoms with Crippen molar-refractivity contribution in [1.29, 1.82) is 0 Å². The lowest BCUT2D eigenvalue weighted by Gasteiger charge is -2.16. The summed E-state index contributed by atoms with van der Waals surface area (Å²) in [6, 6.07) is 7.50. The van der Waals surface area contributed by atoms with Crippen LogP contribution in [0.2, 0.25) is 0 Å². The number of carbonyl (C=O) groups excluding carboxylic acids is 1. The first-order chi connectivity index (χ1) is 5.77. The van der Waals surface area contributed by atoms with Crippen LogP contribution in [0.25, 0.3) is 0 Å². The zero-order valence-electron chi connectivity index (χ0n) is 6.95. The fraction of sp³-hybridized carbons (Fsp3) is 0.100. The minimum Gasteiger partial charge on any atom is -0.423 e. The van der Waals surface area contributed by atoms with E-state index in [1.807, 2.05) is 18.2 Å². The maximum atomic E-state index is 11.0.